The summed E-state index contributed by atoms with van der Waals surface area (Å²) >= 11 is 0. The number of primary amides is 1. The van der Waals surface area contributed by atoms with E-state index in [9.17, 15) is 4.79 Å². The summed E-state index contributed by atoms with van der Waals surface area (Å²) in [7, 11) is 0. The van der Waals surface area contributed by atoms with Crippen LogP contribution in [0.5, 0.6) is 0 Å². The first-order valence-electron chi connectivity index (χ1n) is 7.75. The molecular formula is C17H27N3O. The van der Waals surface area contributed by atoms with Crippen molar-refractivity contribution in [2.75, 3.05) is 11.4 Å². The lowest BCUT2D eigenvalue weighted by Gasteiger charge is -2.33. The zero-order valence-electron chi connectivity index (χ0n) is 13.5. The zero-order chi connectivity index (χ0) is 15.6. The first-order chi connectivity index (χ1) is 9.83. The molecule has 1 heterocycles. The van der Waals surface area contributed by atoms with Crippen LogP contribution in [0.1, 0.15) is 39.7 Å². The number of hydrogen-bond acceptors (Lipinski definition) is 3. The molecule has 2 unspecified atom stereocenters. The molecule has 0 fully saturated rings. The molecule has 2 atom stereocenters. The summed E-state index contributed by atoms with van der Waals surface area (Å²) < 4.78 is 0. The van der Waals surface area contributed by atoms with E-state index >= 15 is 0 Å². The van der Waals surface area contributed by atoms with Crippen molar-refractivity contribution in [3.63, 3.8) is 0 Å². The molecule has 21 heavy (non-hydrogen) atoms. The third-order valence-electron chi connectivity index (χ3n) is 4.35. The van der Waals surface area contributed by atoms with Crippen LogP contribution in [0.2, 0.25) is 0 Å². The van der Waals surface area contributed by atoms with Gasteiger partial charge in [-0.2, -0.15) is 0 Å². The first-order valence-corrected chi connectivity index (χ1v) is 7.75. The molecule has 1 amide bonds. The number of amides is 1. The maximum Gasteiger partial charge on any atom is 0.237 e. The molecule has 2 rings (SSSR count). The van der Waals surface area contributed by atoms with E-state index in [4.69, 9.17) is 5.73 Å². The van der Waals surface area contributed by atoms with Crippen molar-refractivity contribution in [1.82, 2.24) is 5.32 Å². The van der Waals surface area contributed by atoms with Gasteiger partial charge >= 0.3 is 0 Å². The summed E-state index contributed by atoms with van der Waals surface area (Å²) in [5.74, 6) is -0.281. The molecule has 0 aromatic heterocycles. The minimum absolute atomic E-state index is 0.228. The van der Waals surface area contributed by atoms with Crippen LogP contribution in [0.3, 0.4) is 0 Å². The summed E-state index contributed by atoms with van der Waals surface area (Å²) in [4.78, 5) is 14.2. The number of fused-ring (bicyclic) bond motifs is 1. The fourth-order valence-electron chi connectivity index (χ4n) is 3.22. The van der Waals surface area contributed by atoms with Gasteiger partial charge in [0.05, 0.1) is 5.54 Å². The zero-order valence-corrected chi connectivity index (χ0v) is 13.5. The van der Waals surface area contributed by atoms with Crippen molar-refractivity contribution < 1.29 is 4.79 Å². The average molecular weight is 289 g/mol. The Morgan fingerprint density at radius 2 is 2.14 bits per heavy atom. The third-order valence-corrected chi connectivity index (χ3v) is 4.35. The number of nitrogens with zero attached hydrogens (tertiary/aromatic N) is 1. The second kappa shape index (κ2) is 6.06. The van der Waals surface area contributed by atoms with Crippen molar-refractivity contribution in [2.24, 2.45) is 5.73 Å². The number of anilines is 1. The number of rotatable bonds is 6. The summed E-state index contributed by atoms with van der Waals surface area (Å²) in [5.41, 5.74) is 7.64. The van der Waals surface area contributed by atoms with E-state index in [0.717, 1.165) is 13.0 Å². The van der Waals surface area contributed by atoms with Gasteiger partial charge in [0.25, 0.3) is 0 Å². The van der Waals surface area contributed by atoms with E-state index < -0.39 is 5.54 Å². The molecule has 1 aromatic rings. The molecule has 1 aromatic carbocycles. The minimum atomic E-state index is -0.661. The summed E-state index contributed by atoms with van der Waals surface area (Å²) in [5, 5.41) is 3.32. The molecule has 1 aliphatic rings. The highest BCUT2D eigenvalue weighted by molar-refractivity contribution is 5.84. The highest BCUT2D eigenvalue weighted by atomic mass is 16.1. The predicted molar refractivity (Wildman–Crippen MR) is 87.4 cm³/mol. The minimum Gasteiger partial charge on any atom is -0.368 e. The molecular weight excluding hydrogens is 262 g/mol. The summed E-state index contributed by atoms with van der Waals surface area (Å²) in [6.07, 6.45) is 1.78. The van der Waals surface area contributed by atoms with Gasteiger partial charge in [-0.05, 0) is 52.2 Å². The SMILES string of the molecule is CC(C)NC(C)(CCN1c2ccccc2CC1C)C(N)=O. The van der Waals surface area contributed by atoms with E-state index in [0.29, 0.717) is 12.5 Å². The molecule has 0 aliphatic carbocycles. The smallest absolute Gasteiger partial charge is 0.237 e. The van der Waals surface area contributed by atoms with Gasteiger partial charge in [-0.1, -0.05) is 18.2 Å². The molecule has 116 valence electrons. The maximum absolute atomic E-state index is 11.8. The fourth-order valence-corrected chi connectivity index (χ4v) is 3.22. The maximum atomic E-state index is 11.8. The number of para-hydroxylation sites is 1. The standard InChI is InChI=1S/C17H27N3O/c1-12(2)19-17(4,16(18)21)9-10-20-13(3)11-14-7-5-6-8-15(14)20/h5-8,12-13,19H,9-11H2,1-4H3,(H2,18,21). The number of hydrogen-bond donors (Lipinski definition) is 2. The Labute approximate surface area is 127 Å². The lowest BCUT2D eigenvalue weighted by atomic mass is 9.95. The average Bonchev–Trinajstić information content (AvgIpc) is 2.71. The number of carbonyl (C=O) groups excluding carboxylic acids is 1. The van der Waals surface area contributed by atoms with Gasteiger partial charge in [0.2, 0.25) is 5.91 Å². The highest BCUT2D eigenvalue weighted by Gasteiger charge is 2.34. The molecule has 0 saturated carbocycles. The molecule has 0 spiro atoms. The molecule has 4 heteroatoms. The first kappa shape index (κ1) is 15.8. The molecule has 0 saturated heterocycles. The Balaban J connectivity index is 2.09. The number of benzene rings is 1. The number of nitrogens with one attached hydrogen (secondary N) is 1. The summed E-state index contributed by atoms with van der Waals surface area (Å²) in [6, 6.07) is 9.21. The van der Waals surface area contributed by atoms with Gasteiger partial charge in [0.1, 0.15) is 0 Å². The van der Waals surface area contributed by atoms with Crippen LogP contribution in [-0.2, 0) is 11.2 Å². The lowest BCUT2D eigenvalue weighted by Crippen LogP contribution is -2.57. The number of nitrogens with two attached hydrogens (primary N) is 1. The van der Waals surface area contributed by atoms with Crippen LogP contribution in [0.15, 0.2) is 24.3 Å². The van der Waals surface area contributed by atoms with Gasteiger partial charge in [-0.15, -0.1) is 0 Å². The molecule has 1 aliphatic heterocycles. The second-order valence-corrected chi connectivity index (χ2v) is 6.62. The van der Waals surface area contributed by atoms with Crippen LogP contribution in [0.4, 0.5) is 5.69 Å². The second-order valence-electron chi connectivity index (χ2n) is 6.62. The normalized spacial score (nSPS) is 20.4. The largest absolute Gasteiger partial charge is 0.368 e. The fraction of sp³-hybridized carbons (Fsp3) is 0.588. The van der Waals surface area contributed by atoms with Crippen molar-refractivity contribution >= 4 is 11.6 Å². The van der Waals surface area contributed by atoms with Gasteiger partial charge in [-0.3, -0.25) is 4.79 Å². The highest BCUT2D eigenvalue weighted by Crippen LogP contribution is 2.32. The van der Waals surface area contributed by atoms with Crippen molar-refractivity contribution in [3.05, 3.63) is 29.8 Å². The van der Waals surface area contributed by atoms with Crippen LogP contribution in [0, 0.1) is 0 Å². The summed E-state index contributed by atoms with van der Waals surface area (Å²) in [6.45, 7) is 9.04. The van der Waals surface area contributed by atoms with E-state index in [1.165, 1.54) is 11.3 Å². The van der Waals surface area contributed by atoms with Gasteiger partial charge in [0, 0.05) is 24.3 Å². The Morgan fingerprint density at radius 3 is 2.76 bits per heavy atom. The van der Waals surface area contributed by atoms with Crippen molar-refractivity contribution in [3.8, 4) is 0 Å². The van der Waals surface area contributed by atoms with E-state index in [1.807, 2.05) is 20.8 Å². The van der Waals surface area contributed by atoms with Gasteiger partial charge in [-0.25, -0.2) is 0 Å². The predicted octanol–water partition coefficient (Wildman–Crippen LogP) is 2.07. The van der Waals surface area contributed by atoms with Crippen LogP contribution >= 0.6 is 0 Å². The third kappa shape index (κ3) is 3.38. The molecule has 0 radical (unpaired) electrons. The lowest BCUT2D eigenvalue weighted by molar-refractivity contribution is -0.124. The Kier molecular flexibility index (Phi) is 4.57. The monoisotopic (exact) mass is 289 g/mol. The van der Waals surface area contributed by atoms with Gasteiger partial charge < -0.3 is 16.0 Å². The van der Waals surface area contributed by atoms with E-state index in [1.54, 1.807) is 0 Å². The van der Waals surface area contributed by atoms with Crippen molar-refractivity contribution in [2.45, 2.75) is 58.2 Å². The van der Waals surface area contributed by atoms with E-state index in [-0.39, 0.29) is 11.9 Å². The van der Waals surface area contributed by atoms with Crippen LogP contribution in [0.25, 0.3) is 0 Å². The topological polar surface area (TPSA) is 58.4 Å². The number of carbonyl (C=O) groups is 1. The van der Waals surface area contributed by atoms with Crippen molar-refractivity contribution in [1.29, 1.82) is 0 Å². The van der Waals surface area contributed by atoms with Crippen LogP contribution in [-0.4, -0.2) is 30.1 Å². The van der Waals surface area contributed by atoms with Gasteiger partial charge in [0.15, 0.2) is 0 Å². The van der Waals surface area contributed by atoms with E-state index in [2.05, 4.69) is 41.4 Å². The molecule has 4 nitrogen and oxygen atoms in total. The quantitative estimate of drug-likeness (QED) is 0.843. The molecule has 0 bridgehead atoms. The Hall–Kier alpha value is -1.55. The molecule has 3 N–H and O–H groups in total. The van der Waals surface area contributed by atoms with Crippen LogP contribution < -0.4 is 16.0 Å². The Bertz CT molecular complexity index is 515. The Morgan fingerprint density at radius 1 is 1.48 bits per heavy atom.